The van der Waals surface area contributed by atoms with E-state index in [9.17, 15) is 9.18 Å². The summed E-state index contributed by atoms with van der Waals surface area (Å²) in [6.45, 7) is 1.50. The van der Waals surface area contributed by atoms with E-state index in [-0.39, 0.29) is 12.4 Å². The summed E-state index contributed by atoms with van der Waals surface area (Å²) < 4.78 is 18.8. The van der Waals surface area contributed by atoms with Crippen LogP contribution in [0.5, 0.6) is 5.75 Å². The van der Waals surface area contributed by atoms with E-state index in [2.05, 4.69) is 15.5 Å². The van der Waals surface area contributed by atoms with Crippen molar-refractivity contribution in [3.8, 4) is 16.9 Å². The molecule has 0 atom stereocenters. The number of H-pyrrole nitrogens is 1. The lowest BCUT2D eigenvalue weighted by Gasteiger charge is -2.23. The first-order valence-electron chi connectivity index (χ1n) is 8.53. The maximum atomic E-state index is 13.6. The standard InChI is InChI=1S/C20H20FN5O2/c1-13(22)26(12-15-9-17(21)5-8-19(15)28-2)20(27)25-18-6-3-14(4-7-18)16-10-23-24-11-16/h3-11,22H,12H2,1-2H3,(H,23,24)(H,25,27). The molecule has 2 aromatic carbocycles. The summed E-state index contributed by atoms with van der Waals surface area (Å²) in [5, 5.41) is 17.3. The summed E-state index contributed by atoms with van der Waals surface area (Å²) in [5.74, 6) is 0.0392. The smallest absolute Gasteiger partial charge is 0.327 e. The number of anilines is 1. The number of carbonyl (C=O) groups excluding carboxylic acids is 1. The van der Waals surface area contributed by atoms with Crippen LogP contribution < -0.4 is 10.1 Å². The minimum absolute atomic E-state index is 0.00913. The topological polar surface area (TPSA) is 94.1 Å². The van der Waals surface area contributed by atoms with Crippen molar-refractivity contribution in [3.63, 3.8) is 0 Å². The highest BCUT2D eigenvalue weighted by Gasteiger charge is 2.19. The lowest BCUT2D eigenvalue weighted by Crippen LogP contribution is -2.37. The van der Waals surface area contributed by atoms with Crippen LogP contribution >= 0.6 is 0 Å². The average molecular weight is 381 g/mol. The number of amides is 2. The summed E-state index contributed by atoms with van der Waals surface area (Å²) in [6.07, 6.45) is 3.49. The lowest BCUT2D eigenvalue weighted by molar-refractivity contribution is 0.231. The van der Waals surface area contributed by atoms with Gasteiger partial charge in [0.05, 0.1) is 19.9 Å². The number of ether oxygens (including phenoxy) is 1. The first-order chi connectivity index (χ1) is 13.5. The van der Waals surface area contributed by atoms with Gasteiger partial charge in [0.15, 0.2) is 0 Å². The van der Waals surface area contributed by atoms with E-state index in [1.54, 1.807) is 24.5 Å². The Morgan fingerprint density at radius 2 is 2.00 bits per heavy atom. The van der Waals surface area contributed by atoms with Gasteiger partial charge in [0.25, 0.3) is 0 Å². The van der Waals surface area contributed by atoms with Crippen molar-refractivity contribution in [2.45, 2.75) is 13.5 Å². The van der Waals surface area contributed by atoms with Gasteiger partial charge in [-0.15, -0.1) is 0 Å². The molecule has 0 radical (unpaired) electrons. The third-order valence-corrected chi connectivity index (χ3v) is 4.19. The van der Waals surface area contributed by atoms with Crippen molar-refractivity contribution in [3.05, 3.63) is 66.2 Å². The van der Waals surface area contributed by atoms with Gasteiger partial charge in [-0.05, 0) is 42.8 Å². The van der Waals surface area contributed by atoms with Gasteiger partial charge in [0.1, 0.15) is 17.4 Å². The molecule has 3 N–H and O–H groups in total. The zero-order valence-electron chi connectivity index (χ0n) is 15.5. The number of urea groups is 1. The van der Waals surface area contributed by atoms with E-state index in [1.807, 2.05) is 12.1 Å². The zero-order valence-corrected chi connectivity index (χ0v) is 15.5. The Hall–Kier alpha value is -3.68. The van der Waals surface area contributed by atoms with Crippen LogP contribution in [-0.4, -0.2) is 34.1 Å². The third kappa shape index (κ3) is 4.35. The molecular formula is C20H20FN5O2. The summed E-state index contributed by atoms with van der Waals surface area (Å²) in [5.41, 5.74) is 2.94. The Labute approximate surface area is 161 Å². The number of aromatic amines is 1. The number of hydrogen-bond acceptors (Lipinski definition) is 4. The van der Waals surface area contributed by atoms with Crippen LogP contribution in [0.2, 0.25) is 0 Å². The van der Waals surface area contributed by atoms with Crippen LogP contribution in [0.25, 0.3) is 11.1 Å². The first kappa shape index (κ1) is 19.1. The number of nitrogens with one attached hydrogen (secondary N) is 3. The molecule has 1 heterocycles. The van der Waals surface area contributed by atoms with E-state index in [1.165, 1.54) is 37.1 Å². The highest BCUT2D eigenvalue weighted by atomic mass is 19.1. The lowest BCUT2D eigenvalue weighted by atomic mass is 10.1. The Balaban J connectivity index is 1.75. The zero-order chi connectivity index (χ0) is 20.1. The monoisotopic (exact) mass is 381 g/mol. The molecule has 0 bridgehead atoms. The normalized spacial score (nSPS) is 10.4. The summed E-state index contributed by atoms with van der Waals surface area (Å²) in [4.78, 5) is 13.9. The minimum atomic E-state index is -0.491. The number of amidine groups is 1. The van der Waals surface area contributed by atoms with Gasteiger partial charge in [-0.25, -0.2) is 9.18 Å². The van der Waals surface area contributed by atoms with Gasteiger partial charge in [0, 0.05) is 23.0 Å². The predicted octanol–water partition coefficient (Wildman–Crippen LogP) is 4.26. The van der Waals surface area contributed by atoms with E-state index in [4.69, 9.17) is 10.1 Å². The number of nitrogens with zero attached hydrogens (tertiary/aromatic N) is 2. The molecule has 1 aromatic heterocycles. The number of carbonyl (C=O) groups is 1. The first-order valence-corrected chi connectivity index (χ1v) is 8.53. The van der Waals surface area contributed by atoms with Crippen LogP contribution in [0.3, 0.4) is 0 Å². The van der Waals surface area contributed by atoms with Gasteiger partial charge in [-0.2, -0.15) is 5.10 Å². The average Bonchev–Trinajstić information content (AvgIpc) is 3.21. The van der Waals surface area contributed by atoms with Crippen LogP contribution in [0.1, 0.15) is 12.5 Å². The molecule has 28 heavy (non-hydrogen) atoms. The van der Waals surface area contributed by atoms with Crippen LogP contribution in [0.15, 0.2) is 54.9 Å². The molecule has 8 heteroatoms. The molecule has 0 unspecified atom stereocenters. The molecule has 0 spiro atoms. The van der Waals surface area contributed by atoms with Gasteiger partial charge < -0.3 is 10.1 Å². The maximum Gasteiger partial charge on any atom is 0.327 e. The van der Waals surface area contributed by atoms with Crippen molar-refractivity contribution >= 4 is 17.6 Å². The van der Waals surface area contributed by atoms with Crippen LogP contribution in [-0.2, 0) is 6.54 Å². The van der Waals surface area contributed by atoms with Gasteiger partial charge in [-0.3, -0.25) is 15.4 Å². The molecule has 0 aliphatic carbocycles. The van der Waals surface area contributed by atoms with Crippen molar-refractivity contribution in [1.29, 1.82) is 5.41 Å². The molecular weight excluding hydrogens is 361 g/mol. The molecule has 2 amide bonds. The Kier molecular flexibility index (Phi) is 5.69. The summed E-state index contributed by atoms with van der Waals surface area (Å²) in [7, 11) is 1.47. The number of hydrogen-bond donors (Lipinski definition) is 3. The Morgan fingerprint density at radius 3 is 2.61 bits per heavy atom. The third-order valence-electron chi connectivity index (χ3n) is 4.19. The number of rotatable bonds is 5. The fourth-order valence-electron chi connectivity index (χ4n) is 2.73. The van der Waals surface area contributed by atoms with Gasteiger partial charge in [-0.1, -0.05) is 12.1 Å². The SMILES string of the molecule is COc1ccc(F)cc1CN(C(C)=N)C(=O)Nc1ccc(-c2cn[nH]c2)cc1. The van der Waals surface area contributed by atoms with Crippen molar-refractivity contribution in [2.24, 2.45) is 0 Å². The number of aromatic nitrogens is 2. The molecule has 0 aliphatic rings. The fourth-order valence-corrected chi connectivity index (χ4v) is 2.73. The molecule has 0 aliphatic heterocycles. The van der Waals surface area contributed by atoms with Gasteiger partial charge >= 0.3 is 6.03 Å². The van der Waals surface area contributed by atoms with Crippen molar-refractivity contribution in [2.75, 3.05) is 12.4 Å². The number of methoxy groups -OCH3 is 1. The van der Waals surface area contributed by atoms with E-state index in [0.717, 1.165) is 11.1 Å². The molecule has 7 nitrogen and oxygen atoms in total. The molecule has 144 valence electrons. The second-order valence-corrected chi connectivity index (χ2v) is 6.12. The summed E-state index contributed by atoms with van der Waals surface area (Å²) in [6, 6.07) is 10.8. The Morgan fingerprint density at radius 1 is 1.25 bits per heavy atom. The Bertz CT molecular complexity index is 971. The highest BCUT2D eigenvalue weighted by molar-refractivity contribution is 6.01. The molecule has 3 rings (SSSR count). The van der Waals surface area contributed by atoms with Crippen LogP contribution in [0.4, 0.5) is 14.9 Å². The van der Waals surface area contributed by atoms with Gasteiger partial charge in [0.2, 0.25) is 0 Å². The van der Waals surface area contributed by atoms with E-state index < -0.39 is 11.8 Å². The molecule has 0 fully saturated rings. The highest BCUT2D eigenvalue weighted by Crippen LogP contribution is 2.23. The fraction of sp³-hybridized carbons (Fsp3) is 0.150. The summed E-state index contributed by atoms with van der Waals surface area (Å²) >= 11 is 0. The van der Waals surface area contributed by atoms with E-state index in [0.29, 0.717) is 17.0 Å². The largest absolute Gasteiger partial charge is 0.496 e. The maximum absolute atomic E-state index is 13.6. The number of halogens is 1. The second-order valence-electron chi connectivity index (χ2n) is 6.12. The molecule has 0 saturated carbocycles. The number of benzene rings is 2. The molecule has 0 saturated heterocycles. The minimum Gasteiger partial charge on any atom is -0.496 e. The van der Waals surface area contributed by atoms with Crippen molar-refractivity contribution in [1.82, 2.24) is 15.1 Å². The predicted molar refractivity (Wildman–Crippen MR) is 105 cm³/mol. The van der Waals surface area contributed by atoms with Crippen LogP contribution in [0, 0.1) is 11.2 Å². The quantitative estimate of drug-likeness (QED) is 0.455. The molecule has 3 aromatic rings. The van der Waals surface area contributed by atoms with E-state index >= 15 is 0 Å². The second kappa shape index (κ2) is 8.34. The van der Waals surface area contributed by atoms with Crippen molar-refractivity contribution < 1.29 is 13.9 Å².